The summed E-state index contributed by atoms with van der Waals surface area (Å²) in [6.45, 7) is 3.68. The minimum atomic E-state index is -0.306. The van der Waals surface area contributed by atoms with Crippen LogP contribution in [0.3, 0.4) is 0 Å². The molecule has 0 saturated heterocycles. The van der Waals surface area contributed by atoms with Crippen LogP contribution in [-0.4, -0.2) is 32.3 Å². The zero-order valence-electron chi connectivity index (χ0n) is 11.2. The van der Waals surface area contributed by atoms with Gasteiger partial charge in [-0.2, -0.15) is 0 Å². The van der Waals surface area contributed by atoms with Crippen LogP contribution in [0.5, 0.6) is 0 Å². The van der Waals surface area contributed by atoms with Gasteiger partial charge in [0.05, 0.1) is 6.61 Å². The fourth-order valence-electron chi connectivity index (χ4n) is 1.39. The topological polar surface area (TPSA) is 47.6 Å². The summed E-state index contributed by atoms with van der Waals surface area (Å²) in [6, 6.07) is 7.19. The Morgan fingerprint density at radius 3 is 2.89 bits per heavy atom. The molecule has 0 aliphatic heterocycles. The predicted octanol–water partition coefficient (Wildman–Crippen LogP) is 3.11. The number of esters is 1. The molecule has 0 aliphatic rings. The second kappa shape index (κ2) is 9.64. The monoisotopic (exact) mass is 285 g/mol. The molecular formula is C14H20ClNO3. The highest BCUT2D eigenvalue weighted by molar-refractivity contribution is 6.30. The fourth-order valence-corrected chi connectivity index (χ4v) is 1.58. The van der Waals surface area contributed by atoms with E-state index in [2.05, 4.69) is 12.2 Å². The molecule has 1 N–H and O–H groups in total. The molecule has 0 aliphatic carbocycles. The van der Waals surface area contributed by atoms with E-state index in [1.807, 2.05) is 12.1 Å². The molecule has 0 fully saturated rings. The van der Waals surface area contributed by atoms with Crippen LogP contribution in [0, 0.1) is 0 Å². The van der Waals surface area contributed by atoms with Crippen LogP contribution >= 0.6 is 11.6 Å². The summed E-state index contributed by atoms with van der Waals surface area (Å²) < 4.78 is 10.3. The lowest BCUT2D eigenvalue weighted by molar-refractivity contribution is -0.143. The van der Waals surface area contributed by atoms with Gasteiger partial charge in [-0.15, -0.1) is 0 Å². The fraction of sp³-hybridized carbons (Fsp3) is 0.500. The minimum Gasteiger partial charge on any atom is -0.462 e. The Bertz CT molecular complexity index is 385. The summed E-state index contributed by atoms with van der Waals surface area (Å²) in [7, 11) is 0. The summed E-state index contributed by atoms with van der Waals surface area (Å²) in [5.41, 5.74) is 0.795. The number of halogens is 1. The maximum absolute atomic E-state index is 11.4. The first-order valence-corrected chi connectivity index (χ1v) is 6.83. The van der Waals surface area contributed by atoms with Crippen LogP contribution in [0.4, 0.5) is 5.69 Å². The Balaban J connectivity index is 2.08. The maximum atomic E-state index is 11.4. The second-order valence-corrected chi connectivity index (χ2v) is 4.49. The quantitative estimate of drug-likeness (QED) is 0.559. The summed E-state index contributed by atoms with van der Waals surface area (Å²) in [5.74, 6) is -0.306. The van der Waals surface area contributed by atoms with Crippen molar-refractivity contribution in [2.45, 2.75) is 19.8 Å². The Morgan fingerprint density at radius 1 is 1.32 bits per heavy atom. The zero-order valence-corrected chi connectivity index (χ0v) is 11.9. The molecule has 0 aromatic heterocycles. The highest BCUT2D eigenvalue weighted by atomic mass is 35.5. The van der Waals surface area contributed by atoms with Gasteiger partial charge in [0.1, 0.15) is 13.2 Å². The average Bonchev–Trinajstić information content (AvgIpc) is 2.40. The van der Waals surface area contributed by atoms with Crippen LogP contribution in [0.2, 0.25) is 5.02 Å². The number of benzene rings is 1. The maximum Gasteiger partial charge on any atom is 0.325 e. The molecule has 0 spiro atoms. The summed E-state index contributed by atoms with van der Waals surface area (Å²) in [5, 5.41) is 3.57. The van der Waals surface area contributed by atoms with Crippen molar-refractivity contribution in [3.05, 3.63) is 29.3 Å². The molecular weight excluding hydrogens is 266 g/mol. The number of rotatable bonds is 9. The van der Waals surface area contributed by atoms with Gasteiger partial charge in [-0.3, -0.25) is 4.79 Å². The van der Waals surface area contributed by atoms with Crippen molar-refractivity contribution in [3.8, 4) is 0 Å². The smallest absolute Gasteiger partial charge is 0.325 e. The van der Waals surface area contributed by atoms with Crippen molar-refractivity contribution in [2.24, 2.45) is 0 Å². The largest absolute Gasteiger partial charge is 0.462 e. The molecule has 0 bridgehead atoms. The number of carbonyl (C=O) groups excluding carboxylic acids is 1. The van der Waals surface area contributed by atoms with Crippen LogP contribution in [0.25, 0.3) is 0 Å². The molecule has 0 saturated carbocycles. The van der Waals surface area contributed by atoms with E-state index in [1.165, 1.54) is 0 Å². The minimum absolute atomic E-state index is 0.120. The standard InChI is InChI=1S/C14H20ClNO3/c1-2-3-7-18-8-9-19-14(17)11-16-13-6-4-5-12(15)10-13/h4-6,10,16H,2-3,7-9,11H2,1H3. The normalized spacial score (nSPS) is 10.2. The van der Waals surface area contributed by atoms with E-state index in [9.17, 15) is 4.79 Å². The Morgan fingerprint density at radius 2 is 2.16 bits per heavy atom. The second-order valence-electron chi connectivity index (χ2n) is 4.05. The van der Waals surface area contributed by atoms with Crippen LogP contribution in [-0.2, 0) is 14.3 Å². The Labute approximate surface area is 119 Å². The van der Waals surface area contributed by atoms with Crippen molar-refractivity contribution >= 4 is 23.3 Å². The van der Waals surface area contributed by atoms with Crippen molar-refractivity contribution in [1.29, 1.82) is 0 Å². The van der Waals surface area contributed by atoms with Gasteiger partial charge in [0.15, 0.2) is 0 Å². The molecule has 0 atom stereocenters. The van der Waals surface area contributed by atoms with Crippen molar-refractivity contribution < 1.29 is 14.3 Å². The molecule has 0 unspecified atom stereocenters. The van der Waals surface area contributed by atoms with E-state index >= 15 is 0 Å². The highest BCUT2D eigenvalue weighted by Crippen LogP contribution is 2.14. The number of hydrogen-bond donors (Lipinski definition) is 1. The third-order valence-electron chi connectivity index (χ3n) is 2.39. The lowest BCUT2D eigenvalue weighted by atomic mass is 10.3. The zero-order chi connectivity index (χ0) is 13.9. The predicted molar refractivity (Wildman–Crippen MR) is 76.6 cm³/mol. The van der Waals surface area contributed by atoms with Crippen molar-refractivity contribution in [2.75, 3.05) is 31.7 Å². The Kier molecular flexibility index (Phi) is 8.02. The van der Waals surface area contributed by atoms with Gasteiger partial charge in [0, 0.05) is 17.3 Å². The molecule has 1 aromatic rings. The van der Waals surface area contributed by atoms with Gasteiger partial charge in [-0.1, -0.05) is 31.0 Å². The van der Waals surface area contributed by atoms with Gasteiger partial charge in [0.25, 0.3) is 0 Å². The van der Waals surface area contributed by atoms with Gasteiger partial charge >= 0.3 is 5.97 Å². The van der Waals surface area contributed by atoms with E-state index in [-0.39, 0.29) is 12.5 Å². The lowest BCUT2D eigenvalue weighted by Gasteiger charge is -2.08. The number of hydrogen-bond acceptors (Lipinski definition) is 4. The first kappa shape index (κ1) is 15.8. The van der Waals surface area contributed by atoms with E-state index in [0.29, 0.717) is 18.2 Å². The lowest BCUT2D eigenvalue weighted by Crippen LogP contribution is -2.19. The van der Waals surface area contributed by atoms with Crippen LogP contribution < -0.4 is 5.32 Å². The number of ether oxygens (including phenoxy) is 2. The van der Waals surface area contributed by atoms with E-state index in [4.69, 9.17) is 21.1 Å². The number of unbranched alkanes of at least 4 members (excludes halogenated alkanes) is 1. The van der Waals surface area contributed by atoms with Crippen molar-refractivity contribution in [3.63, 3.8) is 0 Å². The molecule has 0 heterocycles. The molecule has 1 aromatic carbocycles. The summed E-state index contributed by atoms with van der Waals surface area (Å²) in [4.78, 5) is 11.4. The van der Waals surface area contributed by atoms with Crippen LogP contribution in [0.1, 0.15) is 19.8 Å². The number of anilines is 1. The highest BCUT2D eigenvalue weighted by Gasteiger charge is 2.02. The van der Waals surface area contributed by atoms with Gasteiger partial charge in [-0.25, -0.2) is 0 Å². The molecule has 4 nitrogen and oxygen atoms in total. The molecule has 0 amide bonds. The first-order chi connectivity index (χ1) is 9.22. The van der Waals surface area contributed by atoms with Crippen molar-refractivity contribution in [1.82, 2.24) is 0 Å². The molecule has 106 valence electrons. The number of carbonyl (C=O) groups is 1. The third kappa shape index (κ3) is 7.70. The molecule has 5 heteroatoms. The average molecular weight is 286 g/mol. The molecule has 0 radical (unpaired) electrons. The Hall–Kier alpha value is -1.26. The van der Waals surface area contributed by atoms with Gasteiger partial charge in [-0.05, 0) is 24.6 Å². The van der Waals surface area contributed by atoms with Crippen LogP contribution in [0.15, 0.2) is 24.3 Å². The van der Waals surface area contributed by atoms with E-state index < -0.39 is 0 Å². The SMILES string of the molecule is CCCCOCCOC(=O)CNc1cccc(Cl)c1. The molecule has 19 heavy (non-hydrogen) atoms. The number of nitrogens with one attached hydrogen (secondary N) is 1. The van der Waals surface area contributed by atoms with Gasteiger partial charge in [0.2, 0.25) is 0 Å². The van der Waals surface area contributed by atoms with Gasteiger partial charge < -0.3 is 14.8 Å². The third-order valence-corrected chi connectivity index (χ3v) is 2.63. The summed E-state index contributed by atoms with van der Waals surface area (Å²) >= 11 is 5.83. The van der Waals surface area contributed by atoms with E-state index in [1.54, 1.807) is 12.1 Å². The molecule has 1 rings (SSSR count). The van der Waals surface area contributed by atoms with E-state index in [0.717, 1.165) is 25.1 Å². The summed E-state index contributed by atoms with van der Waals surface area (Å²) in [6.07, 6.45) is 2.13. The first-order valence-electron chi connectivity index (χ1n) is 6.45.